The normalized spacial score (nSPS) is 22.6. The molecule has 1 N–H and O–H groups in total. The number of amides is 2. The third-order valence-corrected chi connectivity index (χ3v) is 3.97. The van der Waals surface area contributed by atoms with E-state index >= 15 is 0 Å². The lowest BCUT2D eigenvalue weighted by Gasteiger charge is -2.41. The maximum atomic E-state index is 12.7. The van der Waals surface area contributed by atoms with Gasteiger partial charge in [-0.2, -0.15) is 0 Å². The molecule has 4 nitrogen and oxygen atoms in total. The number of carbonyl (C=O) groups excluding carboxylic acids is 1. The summed E-state index contributed by atoms with van der Waals surface area (Å²) < 4.78 is 0. The van der Waals surface area contributed by atoms with Crippen molar-refractivity contribution in [2.75, 3.05) is 26.2 Å². The monoisotopic (exact) mass is 275 g/mol. The van der Waals surface area contributed by atoms with Crippen molar-refractivity contribution in [1.82, 2.24) is 15.1 Å². The second-order valence-corrected chi connectivity index (χ2v) is 5.34. The van der Waals surface area contributed by atoms with E-state index < -0.39 is 0 Å². The van der Waals surface area contributed by atoms with Crippen molar-refractivity contribution in [1.29, 1.82) is 0 Å². The summed E-state index contributed by atoms with van der Waals surface area (Å²) in [6.07, 6.45) is 0. The van der Waals surface area contributed by atoms with Gasteiger partial charge in [-0.05, 0) is 26.3 Å². The van der Waals surface area contributed by atoms with Gasteiger partial charge < -0.3 is 15.1 Å². The highest BCUT2D eigenvalue weighted by Crippen LogP contribution is 2.24. The number of urea groups is 1. The number of hydrogen-bond acceptors (Lipinski definition) is 2. The first-order chi connectivity index (χ1) is 9.67. The Morgan fingerprint density at radius 3 is 2.55 bits per heavy atom. The molecular weight excluding hydrogens is 250 g/mol. The van der Waals surface area contributed by atoms with E-state index in [1.165, 1.54) is 5.56 Å². The zero-order chi connectivity index (χ0) is 14.5. The average molecular weight is 275 g/mol. The summed E-state index contributed by atoms with van der Waals surface area (Å²) in [4.78, 5) is 16.6. The first-order valence-electron chi connectivity index (χ1n) is 7.51. The molecule has 1 fully saturated rings. The van der Waals surface area contributed by atoms with Crippen LogP contribution in [0.25, 0.3) is 0 Å². The molecule has 0 radical (unpaired) electrons. The van der Waals surface area contributed by atoms with Gasteiger partial charge in [-0.25, -0.2) is 4.79 Å². The minimum absolute atomic E-state index is 0.125. The van der Waals surface area contributed by atoms with Crippen molar-refractivity contribution in [2.45, 2.75) is 32.9 Å². The van der Waals surface area contributed by atoms with Gasteiger partial charge >= 0.3 is 6.03 Å². The Morgan fingerprint density at radius 2 is 1.95 bits per heavy atom. The molecule has 1 saturated heterocycles. The highest BCUT2D eigenvalue weighted by atomic mass is 16.2. The van der Waals surface area contributed by atoms with Gasteiger partial charge in [-0.1, -0.05) is 30.3 Å². The Kier molecular flexibility index (Phi) is 5.01. The number of piperazine rings is 1. The van der Waals surface area contributed by atoms with Gasteiger partial charge in [0.15, 0.2) is 0 Å². The van der Waals surface area contributed by atoms with Crippen LogP contribution in [0.1, 0.15) is 32.4 Å². The minimum Gasteiger partial charge on any atom is -0.325 e. The van der Waals surface area contributed by atoms with E-state index in [9.17, 15) is 4.79 Å². The zero-order valence-corrected chi connectivity index (χ0v) is 12.7. The van der Waals surface area contributed by atoms with Crippen molar-refractivity contribution < 1.29 is 4.79 Å². The third kappa shape index (κ3) is 3.12. The highest BCUT2D eigenvalue weighted by molar-refractivity contribution is 5.75. The number of benzene rings is 1. The molecule has 1 heterocycles. The molecule has 110 valence electrons. The molecule has 2 rings (SSSR count). The molecule has 0 spiro atoms. The van der Waals surface area contributed by atoms with Gasteiger partial charge in [0.25, 0.3) is 0 Å². The van der Waals surface area contributed by atoms with Gasteiger partial charge in [0.1, 0.15) is 0 Å². The van der Waals surface area contributed by atoms with Crippen LogP contribution in [-0.4, -0.2) is 48.1 Å². The van der Waals surface area contributed by atoms with E-state index in [-0.39, 0.29) is 12.1 Å². The predicted octanol–water partition coefficient (Wildman–Crippen LogP) is 2.48. The molecular formula is C16H25N3O. The van der Waals surface area contributed by atoms with Crippen LogP contribution in [0.5, 0.6) is 0 Å². The number of nitrogens with zero attached hydrogens (tertiary/aromatic N) is 2. The van der Waals surface area contributed by atoms with Crippen LogP contribution in [0.3, 0.4) is 0 Å². The van der Waals surface area contributed by atoms with Crippen molar-refractivity contribution in [2.24, 2.45) is 0 Å². The first-order valence-corrected chi connectivity index (χ1v) is 7.51. The number of nitrogens with one attached hydrogen (secondary N) is 1. The molecule has 1 aromatic rings. The summed E-state index contributed by atoms with van der Waals surface area (Å²) in [7, 11) is 0. The molecule has 1 aliphatic heterocycles. The van der Waals surface area contributed by atoms with Crippen LogP contribution in [0, 0.1) is 0 Å². The summed E-state index contributed by atoms with van der Waals surface area (Å²) in [5, 5.41) is 3.48. The van der Waals surface area contributed by atoms with Crippen LogP contribution < -0.4 is 5.32 Å². The zero-order valence-electron chi connectivity index (χ0n) is 12.7. The van der Waals surface area contributed by atoms with Gasteiger partial charge in [-0.15, -0.1) is 0 Å². The van der Waals surface area contributed by atoms with E-state index in [4.69, 9.17) is 0 Å². The van der Waals surface area contributed by atoms with Crippen LogP contribution in [0.15, 0.2) is 30.3 Å². The average Bonchev–Trinajstić information content (AvgIpc) is 2.49. The largest absolute Gasteiger partial charge is 0.325 e. The van der Waals surface area contributed by atoms with Crippen molar-refractivity contribution >= 4 is 6.03 Å². The molecule has 0 aliphatic carbocycles. The van der Waals surface area contributed by atoms with E-state index in [0.29, 0.717) is 6.04 Å². The third-order valence-electron chi connectivity index (χ3n) is 3.97. The highest BCUT2D eigenvalue weighted by Gasteiger charge is 2.32. The van der Waals surface area contributed by atoms with E-state index in [2.05, 4.69) is 24.4 Å². The first kappa shape index (κ1) is 14.9. The smallest absolute Gasteiger partial charge is 0.320 e. The van der Waals surface area contributed by atoms with Gasteiger partial charge in [0.05, 0.1) is 6.04 Å². The lowest BCUT2D eigenvalue weighted by Crippen LogP contribution is -2.56. The molecule has 0 saturated carbocycles. The Balaban J connectivity index is 2.23. The number of hydrogen-bond donors (Lipinski definition) is 1. The minimum atomic E-state index is 0.125. The van der Waals surface area contributed by atoms with E-state index in [1.807, 2.05) is 41.8 Å². The predicted molar refractivity (Wildman–Crippen MR) is 81.7 cm³/mol. The van der Waals surface area contributed by atoms with Crippen LogP contribution in [-0.2, 0) is 0 Å². The number of carbonyl (C=O) groups is 1. The summed E-state index contributed by atoms with van der Waals surface area (Å²) in [6, 6.07) is 10.9. The topological polar surface area (TPSA) is 35.6 Å². The van der Waals surface area contributed by atoms with Gasteiger partial charge in [0.2, 0.25) is 0 Å². The fraction of sp³-hybridized carbons (Fsp3) is 0.562. The molecule has 4 heteroatoms. The van der Waals surface area contributed by atoms with E-state index in [0.717, 1.165) is 26.2 Å². The summed E-state index contributed by atoms with van der Waals surface area (Å²) in [6.45, 7) is 9.29. The summed E-state index contributed by atoms with van der Waals surface area (Å²) in [5.41, 5.74) is 1.20. The summed E-state index contributed by atoms with van der Waals surface area (Å²) in [5.74, 6) is 0. The Morgan fingerprint density at radius 1 is 1.30 bits per heavy atom. The molecule has 1 aromatic carbocycles. The van der Waals surface area contributed by atoms with Crippen LogP contribution in [0.2, 0.25) is 0 Å². The Labute approximate surface area is 121 Å². The SMILES string of the molecule is CCN(CC)C(=O)N1CC(C)NCC1c1ccccc1. The molecule has 1 aliphatic rings. The molecule has 2 unspecified atom stereocenters. The maximum Gasteiger partial charge on any atom is 0.320 e. The molecule has 20 heavy (non-hydrogen) atoms. The molecule has 2 amide bonds. The maximum absolute atomic E-state index is 12.7. The second-order valence-electron chi connectivity index (χ2n) is 5.34. The summed E-state index contributed by atoms with van der Waals surface area (Å²) >= 11 is 0. The molecule has 2 atom stereocenters. The van der Waals surface area contributed by atoms with Crippen molar-refractivity contribution in [3.8, 4) is 0 Å². The fourth-order valence-corrected chi connectivity index (χ4v) is 2.77. The fourth-order valence-electron chi connectivity index (χ4n) is 2.77. The lowest BCUT2D eigenvalue weighted by atomic mass is 10.0. The van der Waals surface area contributed by atoms with E-state index in [1.54, 1.807) is 0 Å². The molecule has 0 bridgehead atoms. The quantitative estimate of drug-likeness (QED) is 0.920. The van der Waals surface area contributed by atoms with Gasteiger partial charge in [-0.3, -0.25) is 0 Å². The Hall–Kier alpha value is -1.55. The number of rotatable bonds is 3. The van der Waals surface area contributed by atoms with Crippen LogP contribution >= 0.6 is 0 Å². The van der Waals surface area contributed by atoms with Gasteiger partial charge in [0, 0.05) is 32.2 Å². The Bertz CT molecular complexity index is 431. The second kappa shape index (κ2) is 6.75. The lowest BCUT2D eigenvalue weighted by molar-refractivity contribution is 0.112. The standard InChI is InChI=1S/C16H25N3O/c1-4-18(5-2)16(20)19-12-13(3)17-11-15(19)14-9-7-6-8-10-14/h6-10,13,15,17H,4-5,11-12H2,1-3H3. The van der Waals surface area contributed by atoms with Crippen LogP contribution in [0.4, 0.5) is 4.79 Å². The van der Waals surface area contributed by atoms with Crippen molar-refractivity contribution in [3.63, 3.8) is 0 Å². The molecule has 0 aromatic heterocycles. The van der Waals surface area contributed by atoms with Crippen molar-refractivity contribution in [3.05, 3.63) is 35.9 Å².